The van der Waals surface area contributed by atoms with Crippen LogP contribution < -0.4 is 5.73 Å². The highest BCUT2D eigenvalue weighted by molar-refractivity contribution is 5.85. The molecule has 2 N–H and O–H groups in total. The molecule has 1 aliphatic carbocycles. The molecule has 0 heterocycles. The molecule has 1 amide bonds. The lowest BCUT2D eigenvalue weighted by Crippen LogP contribution is -2.44. The van der Waals surface area contributed by atoms with E-state index in [2.05, 4.69) is 13.8 Å². The van der Waals surface area contributed by atoms with Crippen LogP contribution in [0.4, 0.5) is 0 Å². The Balaban J connectivity index is 0.00000400. The number of amides is 1. The molecule has 0 aromatic heterocycles. The second-order valence-electron chi connectivity index (χ2n) is 6.95. The van der Waals surface area contributed by atoms with E-state index in [0.29, 0.717) is 13.1 Å². The summed E-state index contributed by atoms with van der Waals surface area (Å²) in [7, 11) is 1.84. The summed E-state index contributed by atoms with van der Waals surface area (Å²) < 4.78 is 5.98. The molecule has 1 aliphatic rings. The average Bonchev–Trinajstić information content (AvgIpc) is 2.65. The van der Waals surface area contributed by atoms with Crippen LogP contribution >= 0.6 is 12.4 Å². The van der Waals surface area contributed by atoms with Gasteiger partial charge >= 0.3 is 0 Å². The van der Waals surface area contributed by atoms with Crippen LogP contribution in [-0.2, 0) is 9.53 Å². The Hall–Kier alpha value is -0.320. The molecule has 0 aliphatic heterocycles. The number of nitrogens with zero attached hydrogens (tertiary/aromatic N) is 1. The predicted octanol–water partition coefficient (Wildman–Crippen LogP) is 2.98. The van der Waals surface area contributed by atoms with Crippen molar-refractivity contribution in [2.24, 2.45) is 11.1 Å². The van der Waals surface area contributed by atoms with Crippen LogP contribution in [0.3, 0.4) is 0 Å². The third-order valence-corrected chi connectivity index (χ3v) is 4.14. The van der Waals surface area contributed by atoms with Crippen molar-refractivity contribution in [2.75, 3.05) is 20.1 Å². The molecule has 1 rings (SSSR count). The number of carbonyl (C=O) groups is 1. The maximum Gasteiger partial charge on any atom is 0.251 e. The van der Waals surface area contributed by atoms with Crippen molar-refractivity contribution in [3.8, 4) is 0 Å². The van der Waals surface area contributed by atoms with Crippen LogP contribution in [0.15, 0.2) is 0 Å². The summed E-state index contributed by atoms with van der Waals surface area (Å²) in [6, 6.07) is 0. The molecule has 1 atom stereocenters. The van der Waals surface area contributed by atoms with E-state index < -0.39 is 0 Å². The first-order valence-corrected chi connectivity index (χ1v) is 7.96. The molecular formula is C16H33ClN2O2. The Bertz CT molecular complexity index is 303. The monoisotopic (exact) mass is 320 g/mol. The molecular weight excluding hydrogens is 288 g/mol. The van der Waals surface area contributed by atoms with E-state index in [1.165, 1.54) is 25.7 Å². The van der Waals surface area contributed by atoms with Crippen molar-refractivity contribution in [3.05, 3.63) is 0 Å². The van der Waals surface area contributed by atoms with Crippen LogP contribution in [0.25, 0.3) is 0 Å². The van der Waals surface area contributed by atoms with Gasteiger partial charge in [-0.25, -0.2) is 0 Å². The van der Waals surface area contributed by atoms with Gasteiger partial charge in [0.1, 0.15) is 6.10 Å². The van der Waals surface area contributed by atoms with E-state index in [4.69, 9.17) is 10.5 Å². The lowest BCUT2D eigenvalue weighted by Gasteiger charge is -2.31. The zero-order chi connectivity index (χ0) is 15.2. The summed E-state index contributed by atoms with van der Waals surface area (Å²) in [6.45, 7) is 7.27. The number of carbonyl (C=O) groups excluding carboxylic acids is 1. The molecule has 21 heavy (non-hydrogen) atoms. The summed E-state index contributed by atoms with van der Waals surface area (Å²) in [4.78, 5) is 14.1. The van der Waals surface area contributed by atoms with Gasteiger partial charge in [-0.05, 0) is 31.7 Å². The highest BCUT2D eigenvalue weighted by atomic mass is 35.5. The summed E-state index contributed by atoms with van der Waals surface area (Å²) >= 11 is 0. The summed E-state index contributed by atoms with van der Waals surface area (Å²) in [6.07, 6.45) is 7.14. The quantitative estimate of drug-likeness (QED) is 0.765. The second-order valence-corrected chi connectivity index (χ2v) is 6.95. The molecule has 5 heteroatoms. The van der Waals surface area contributed by atoms with Crippen molar-refractivity contribution >= 4 is 18.3 Å². The topological polar surface area (TPSA) is 55.6 Å². The SMILES string of the molecule is CC(OC1CCCCCC1)C(=O)N(C)CC(C)(C)CN.Cl. The van der Waals surface area contributed by atoms with Gasteiger partial charge in [-0.3, -0.25) is 4.79 Å². The molecule has 1 fully saturated rings. The number of rotatable bonds is 6. The van der Waals surface area contributed by atoms with Gasteiger partial charge in [0.25, 0.3) is 5.91 Å². The minimum Gasteiger partial charge on any atom is -0.365 e. The molecule has 126 valence electrons. The van der Waals surface area contributed by atoms with E-state index in [9.17, 15) is 4.79 Å². The molecule has 0 aromatic rings. The van der Waals surface area contributed by atoms with Crippen LogP contribution in [0.1, 0.15) is 59.3 Å². The molecule has 0 spiro atoms. The van der Waals surface area contributed by atoms with E-state index in [1.807, 2.05) is 14.0 Å². The fraction of sp³-hybridized carbons (Fsp3) is 0.938. The van der Waals surface area contributed by atoms with Crippen molar-refractivity contribution in [2.45, 2.75) is 71.5 Å². The fourth-order valence-electron chi connectivity index (χ4n) is 2.82. The number of hydrogen-bond donors (Lipinski definition) is 1. The zero-order valence-corrected chi connectivity index (χ0v) is 14.9. The maximum absolute atomic E-state index is 12.4. The number of ether oxygens (including phenoxy) is 1. The standard InChI is InChI=1S/C16H32N2O2.ClH/c1-13(20-14-9-7-5-6-8-10-14)15(19)18(4)12-16(2,3)11-17;/h13-14H,5-12,17H2,1-4H3;1H. The van der Waals surface area contributed by atoms with Gasteiger partial charge in [0, 0.05) is 13.6 Å². The Morgan fingerprint density at radius 1 is 1.29 bits per heavy atom. The average molecular weight is 321 g/mol. The predicted molar refractivity (Wildman–Crippen MR) is 89.8 cm³/mol. The number of halogens is 1. The second kappa shape index (κ2) is 9.65. The Kier molecular flexibility index (Phi) is 9.50. The summed E-state index contributed by atoms with van der Waals surface area (Å²) in [5, 5.41) is 0. The number of likely N-dealkylation sites (N-methyl/N-ethyl adjacent to an activating group) is 1. The lowest BCUT2D eigenvalue weighted by molar-refractivity contribution is -0.146. The number of hydrogen-bond acceptors (Lipinski definition) is 3. The maximum atomic E-state index is 12.4. The van der Waals surface area contributed by atoms with Gasteiger partial charge in [0.15, 0.2) is 0 Å². The van der Waals surface area contributed by atoms with E-state index in [1.54, 1.807) is 4.90 Å². The van der Waals surface area contributed by atoms with Gasteiger partial charge in [0.2, 0.25) is 0 Å². The first-order valence-electron chi connectivity index (χ1n) is 7.96. The van der Waals surface area contributed by atoms with Crippen LogP contribution in [-0.4, -0.2) is 43.2 Å². The first-order chi connectivity index (χ1) is 9.35. The Morgan fingerprint density at radius 2 is 1.81 bits per heavy atom. The Morgan fingerprint density at radius 3 is 2.29 bits per heavy atom. The summed E-state index contributed by atoms with van der Waals surface area (Å²) in [5.74, 6) is 0.0655. The third-order valence-electron chi connectivity index (χ3n) is 4.14. The fourth-order valence-corrected chi connectivity index (χ4v) is 2.82. The van der Waals surface area contributed by atoms with Crippen molar-refractivity contribution in [1.82, 2.24) is 4.90 Å². The van der Waals surface area contributed by atoms with E-state index in [0.717, 1.165) is 12.8 Å². The highest BCUT2D eigenvalue weighted by Gasteiger charge is 2.26. The largest absolute Gasteiger partial charge is 0.365 e. The molecule has 0 saturated heterocycles. The smallest absolute Gasteiger partial charge is 0.251 e. The molecule has 0 radical (unpaired) electrons. The number of nitrogens with two attached hydrogens (primary N) is 1. The van der Waals surface area contributed by atoms with Crippen molar-refractivity contribution in [1.29, 1.82) is 0 Å². The molecule has 1 unspecified atom stereocenters. The molecule has 0 bridgehead atoms. The van der Waals surface area contributed by atoms with Crippen LogP contribution in [0.5, 0.6) is 0 Å². The van der Waals surface area contributed by atoms with Crippen LogP contribution in [0, 0.1) is 5.41 Å². The third kappa shape index (κ3) is 7.48. The van der Waals surface area contributed by atoms with Crippen LogP contribution in [0.2, 0.25) is 0 Å². The van der Waals surface area contributed by atoms with Gasteiger partial charge in [-0.15, -0.1) is 12.4 Å². The normalized spacial score (nSPS) is 18.5. The van der Waals surface area contributed by atoms with Gasteiger partial charge in [0.05, 0.1) is 6.10 Å². The minimum absolute atomic E-state index is 0. The lowest BCUT2D eigenvalue weighted by atomic mass is 9.93. The molecule has 4 nitrogen and oxygen atoms in total. The van der Waals surface area contributed by atoms with Gasteiger partial charge < -0.3 is 15.4 Å². The molecule has 1 saturated carbocycles. The van der Waals surface area contributed by atoms with Crippen molar-refractivity contribution < 1.29 is 9.53 Å². The highest BCUT2D eigenvalue weighted by Crippen LogP contribution is 2.22. The van der Waals surface area contributed by atoms with Gasteiger partial charge in [-0.1, -0.05) is 39.5 Å². The Labute approximate surface area is 136 Å². The van der Waals surface area contributed by atoms with Crippen molar-refractivity contribution in [3.63, 3.8) is 0 Å². The van der Waals surface area contributed by atoms with E-state index in [-0.39, 0.29) is 35.9 Å². The first kappa shape index (κ1) is 20.7. The minimum atomic E-state index is -0.350. The molecule has 0 aromatic carbocycles. The van der Waals surface area contributed by atoms with E-state index >= 15 is 0 Å². The summed E-state index contributed by atoms with van der Waals surface area (Å²) in [5.41, 5.74) is 5.68. The zero-order valence-electron chi connectivity index (χ0n) is 14.1. The van der Waals surface area contributed by atoms with Gasteiger partial charge in [-0.2, -0.15) is 0 Å².